The molecule has 1 N–H and O–H groups in total. The number of hydrogen-bond donors (Lipinski definition) is 1. The summed E-state index contributed by atoms with van der Waals surface area (Å²) in [5.41, 5.74) is 2.33. The summed E-state index contributed by atoms with van der Waals surface area (Å²) in [6.07, 6.45) is 0. The highest BCUT2D eigenvalue weighted by Gasteiger charge is 2.36. The zero-order valence-electron chi connectivity index (χ0n) is 16.4. The third kappa shape index (κ3) is 5.75. The molecule has 1 aliphatic heterocycles. The van der Waals surface area contributed by atoms with Crippen molar-refractivity contribution in [2.75, 3.05) is 45.7 Å². The van der Waals surface area contributed by atoms with Crippen molar-refractivity contribution in [3.05, 3.63) is 29.8 Å². The Bertz CT molecular complexity index is 621. The summed E-state index contributed by atoms with van der Waals surface area (Å²) in [4.78, 5) is 20.9. The highest BCUT2D eigenvalue weighted by Crippen LogP contribution is 2.24. The number of halogens is 1. The van der Waals surface area contributed by atoms with Crippen LogP contribution in [0.25, 0.3) is 0 Å². The average Bonchev–Trinajstić information content (AvgIpc) is 2.99. The highest BCUT2D eigenvalue weighted by molar-refractivity contribution is 14.0. The van der Waals surface area contributed by atoms with Crippen LogP contribution >= 0.6 is 24.0 Å². The van der Waals surface area contributed by atoms with Gasteiger partial charge in [-0.15, -0.1) is 24.0 Å². The Labute approximate surface area is 174 Å². The van der Waals surface area contributed by atoms with Crippen LogP contribution in [0, 0.1) is 11.8 Å². The SMILES string of the molecule is CCNC(=NCc1cccc(N(C)C)c1)N1CC(C)C(C(=O)OC)C1.I. The van der Waals surface area contributed by atoms with Crippen molar-refractivity contribution >= 4 is 41.6 Å². The van der Waals surface area contributed by atoms with Gasteiger partial charge in [0.25, 0.3) is 0 Å². The lowest BCUT2D eigenvalue weighted by molar-refractivity contribution is -0.145. The topological polar surface area (TPSA) is 57.2 Å². The van der Waals surface area contributed by atoms with Crippen LogP contribution in [-0.2, 0) is 16.1 Å². The molecule has 2 atom stereocenters. The van der Waals surface area contributed by atoms with Crippen molar-refractivity contribution < 1.29 is 9.53 Å². The van der Waals surface area contributed by atoms with Crippen molar-refractivity contribution in [1.82, 2.24) is 10.2 Å². The zero-order chi connectivity index (χ0) is 18.4. The Balaban J connectivity index is 0.00000338. The molecule has 0 saturated carbocycles. The predicted octanol–water partition coefficient (Wildman–Crippen LogP) is 2.58. The number of rotatable bonds is 5. The van der Waals surface area contributed by atoms with Crippen LogP contribution in [0.1, 0.15) is 19.4 Å². The molecule has 6 nitrogen and oxygen atoms in total. The number of nitrogens with zero attached hydrogens (tertiary/aromatic N) is 3. The molecule has 0 bridgehead atoms. The summed E-state index contributed by atoms with van der Waals surface area (Å²) < 4.78 is 4.93. The van der Waals surface area contributed by atoms with Gasteiger partial charge < -0.3 is 19.9 Å². The first kappa shape index (κ1) is 22.5. The number of guanidine groups is 1. The Morgan fingerprint density at radius 3 is 2.73 bits per heavy atom. The normalized spacial score (nSPS) is 19.7. The Morgan fingerprint density at radius 1 is 1.38 bits per heavy atom. The van der Waals surface area contributed by atoms with Gasteiger partial charge >= 0.3 is 5.97 Å². The van der Waals surface area contributed by atoms with E-state index in [4.69, 9.17) is 9.73 Å². The fourth-order valence-electron chi connectivity index (χ4n) is 3.12. The van der Waals surface area contributed by atoms with Crippen molar-refractivity contribution in [1.29, 1.82) is 0 Å². The number of methoxy groups -OCH3 is 1. The number of aliphatic imine (C=N–C) groups is 1. The molecule has 7 heteroatoms. The quantitative estimate of drug-likeness (QED) is 0.308. The van der Waals surface area contributed by atoms with Gasteiger partial charge in [0.05, 0.1) is 19.6 Å². The molecule has 1 saturated heterocycles. The predicted molar refractivity (Wildman–Crippen MR) is 117 cm³/mol. The van der Waals surface area contributed by atoms with Gasteiger partial charge in [-0.1, -0.05) is 19.1 Å². The van der Waals surface area contributed by atoms with E-state index in [2.05, 4.69) is 53.2 Å². The molecule has 0 spiro atoms. The van der Waals surface area contributed by atoms with Gasteiger partial charge in [-0.05, 0) is 30.5 Å². The molecule has 1 aromatic carbocycles. The van der Waals surface area contributed by atoms with Gasteiger partial charge in [-0.25, -0.2) is 4.99 Å². The fourth-order valence-corrected chi connectivity index (χ4v) is 3.12. The van der Waals surface area contributed by atoms with Crippen LogP contribution in [0.4, 0.5) is 5.69 Å². The summed E-state index contributed by atoms with van der Waals surface area (Å²) in [7, 11) is 5.52. The second-order valence-corrected chi connectivity index (χ2v) is 6.75. The van der Waals surface area contributed by atoms with E-state index < -0.39 is 0 Å². The molecule has 26 heavy (non-hydrogen) atoms. The molecule has 1 heterocycles. The first-order valence-electron chi connectivity index (χ1n) is 8.83. The lowest BCUT2D eigenvalue weighted by atomic mass is 9.99. The van der Waals surface area contributed by atoms with Gasteiger partial charge in [0.1, 0.15) is 0 Å². The molecule has 146 valence electrons. The summed E-state index contributed by atoms with van der Waals surface area (Å²) in [6, 6.07) is 8.38. The number of carbonyl (C=O) groups excluding carboxylic acids is 1. The van der Waals surface area contributed by atoms with E-state index in [1.807, 2.05) is 14.1 Å². The maximum absolute atomic E-state index is 11.9. The van der Waals surface area contributed by atoms with E-state index in [0.717, 1.165) is 19.0 Å². The van der Waals surface area contributed by atoms with Crippen LogP contribution in [-0.4, -0.2) is 57.7 Å². The number of benzene rings is 1. The molecule has 1 aliphatic rings. The minimum absolute atomic E-state index is 0. The molecule has 0 radical (unpaired) electrons. The molecule has 2 unspecified atom stereocenters. The standard InChI is InChI=1S/C19H30N4O2.HI/c1-6-20-19(23-12-14(2)17(13-23)18(24)25-5)21-11-15-8-7-9-16(10-15)22(3)4;/h7-10,14,17H,6,11-13H2,1-5H3,(H,20,21);1H. The van der Waals surface area contributed by atoms with Crippen molar-refractivity contribution in [2.45, 2.75) is 20.4 Å². The lowest BCUT2D eigenvalue weighted by Crippen LogP contribution is -2.40. The van der Waals surface area contributed by atoms with E-state index in [1.54, 1.807) is 0 Å². The molecule has 0 aromatic heterocycles. The number of anilines is 1. The van der Waals surface area contributed by atoms with Crippen molar-refractivity contribution in [3.63, 3.8) is 0 Å². The van der Waals surface area contributed by atoms with Gasteiger partial charge in [0, 0.05) is 39.4 Å². The summed E-state index contributed by atoms with van der Waals surface area (Å²) >= 11 is 0. The number of carbonyl (C=O) groups is 1. The molecular weight excluding hydrogens is 443 g/mol. The minimum Gasteiger partial charge on any atom is -0.469 e. The first-order chi connectivity index (χ1) is 12.0. The van der Waals surface area contributed by atoms with Crippen LogP contribution in [0.5, 0.6) is 0 Å². The molecule has 2 rings (SSSR count). The second kappa shape index (κ2) is 10.6. The van der Waals surface area contributed by atoms with Gasteiger partial charge in [-0.2, -0.15) is 0 Å². The molecule has 1 fully saturated rings. The molecule has 1 aromatic rings. The highest BCUT2D eigenvalue weighted by atomic mass is 127. The fraction of sp³-hybridized carbons (Fsp3) is 0.579. The Kier molecular flexibility index (Phi) is 9.18. The third-order valence-corrected chi connectivity index (χ3v) is 4.59. The monoisotopic (exact) mass is 474 g/mol. The van der Waals surface area contributed by atoms with Crippen LogP contribution in [0.15, 0.2) is 29.3 Å². The van der Waals surface area contributed by atoms with E-state index >= 15 is 0 Å². The number of nitrogens with one attached hydrogen (secondary N) is 1. The maximum atomic E-state index is 11.9. The van der Waals surface area contributed by atoms with Crippen molar-refractivity contribution in [2.24, 2.45) is 16.8 Å². The van der Waals surface area contributed by atoms with Crippen molar-refractivity contribution in [3.8, 4) is 0 Å². The van der Waals surface area contributed by atoms with Crippen LogP contribution in [0.3, 0.4) is 0 Å². The number of ether oxygens (including phenoxy) is 1. The van der Waals surface area contributed by atoms with E-state index in [9.17, 15) is 4.79 Å². The number of likely N-dealkylation sites (tertiary alicyclic amines) is 1. The molecule has 0 amide bonds. The van der Waals surface area contributed by atoms with Gasteiger partial charge in [-0.3, -0.25) is 4.79 Å². The van der Waals surface area contributed by atoms with Crippen LogP contribution in [0.2, 0.25) is 0 Å². The average molecular weight is 474 g/mol. The van der Waals surface area contributed by atoms with Gasteiger partial charge in [0.2, 0.25) is 0 Å². The molecule has 0 aliphatic carbocycles. The van der Waals surface area contributed by atoms with E-state index in [1.165, 1.54) is 18.4 Å². The van der Waals surface area contributed by atoms with Gasteiger partial charge in [0.15, 0.2) is 5.96 Å². The number of hydrogen-bond acceptors (Lipinski definition) is 4. The number of esters is 1. The summed E-state index contributed by atoms with van der Waals surface area (Å²) in [5.74, 6) is 0.889. The Morgan fingerprint density at radius 2 is 2.12 bits per heavy atom. The van der Waals surface area contributed by atoms with E-state index in [0.29, 0.717) is 13.1 Å². The summed E-state index contributed by atoms with van der Waals surface area (Å²) in [5, 5.41) is 3.34. The van der Waals surface area contributed by atoms with E-state index in [-0.39, 0.29) is 41.8 Å². The van der Waals surface area contributed by atoms with Crippen LogP contribution < -0.4 is 10.2 Å². The smallest absolute Gasteiger partial charge is 0.310 e. The maximum Gasteiger partial charge on any atom is 0.310 e. The summed E-state index contributed by atoms with van der Waals surface area (Å²) in [6.45, 7) is 7.01. The first-order valence-corrected chi connectivity index (χ1v) is 8.83. The second-order valence-electron chi connectivity index (χ2n) is 6.75. The zero-order valence-corrected chi connectivity index (χ0v) is 18.7. The minimum atomic E-state index is -0.135. The third-order valence-electron chi connectivity index (χ3n) is 4.59. The Hall–Kier alpha value is -1.51. The lowest BCUT2D eigenvalue weighted by Gasteiger charge is -2.21. The molecular formula is C19H31IN4O2. The largest absolute Gasteiger partial charge is 0.469 e.